The van der Waals surface area contributed by atoms with E-state index < -0.39 is 29.3 Å². The van der Waals surface area contributed by atoms with E-state index in [2.05, 4.69) is 9.88 Å². The van der Waals surface area contributed by atoms with Crippen molar-refractivity contribution in [3.05, 3.63) is 101 Å². The number of rotatable bonds is 7. The number of amides is 2. The fourth-order valence-electron chi connectivity index (χ4n) is 6.47. The smallest absolute Gasteiger partial charge is 0.416 e. The molecule has 3 saturated heterocycles. The zero-order valence-corrected chi connectivity index (χ0v) is 25.1. The van der Waals surface area contributed by atoms with Gasteiger partial charge in [-0.2, -0.15) is 13.2 Å². The van der Waals surface area contributed by atoms with Crippen LogP contribution in [0.1, 0.15) is 63.2 Å². The van der Waals surface area contributed by atoms with Gasteiger partial charge in [0.05, 0.1) is 29.9 Å². The van der Waals surface area contributed by atoms with Crippen LogP contribution < -0.4 is 0 Å². The minimum absolute atomic E-state index is 0.0379. The Morgan fingerprint density at radius 2 is 1.52 bits per heavy atom. The number of hydrogen-bond donors (Lipinski definition) is 0. The Kier molecular flexibility index (Phi) is 8.82. The van der Waals surface area contributed by atoms with Crippen molar-refractivity contribution in [2.75, 3.05) is 32.7 Å². The lowest BCUT2D eigenvalue weighted by Gasteiger charge is -2.37. The van der Waals surface area contributed by atoms with Gasteiger partial charge in [-0.1, -0.05) is 12.1 Å². The number of aromatic nitrogens is 1. The number of carbonyl (C=O) groups excluding carboxylic acids is 3. The van der Waals surface area contributed by atoms with Crippen LogP contribution in [0.4, 0.5) is 22.4 Å². The topological polar surface area (TPSA) is 83.0 Å². The Morgan fingerprint density at radius 1 is 0.870 bits per heavy atom. The highest BCUT2D eigenvalue weighted by Crippen LogP contribution is 2.35. The summed E-state index contributed by atoms with van der Waals surface area (Å²) in [4.78, 5) is 48.6. The lowest BCUT2D eigenvalue weighted by Crippen LogP contribution is -2.46. The van der Waals surface area contributed by atoms with Crippen LogP contribution in [0.25, 0.3) is 0 Å². The number of carbonyl (C=O) groups is 3. The van der Waals surface area contributed by atoms with E-state index in [-0.39, 0.29) is 24.2 Å². The van der Waals surface area contributed by atoms with Gasteiger partial charge in [-0.3, -0.25) is 24.4 Å². The molecule has 1 spiro atoms. The van der Waals surface area contributed by atoms with Crippen LogP contribution in [0.3, 0.4) is 0 Å². The molecule has 0 N–H and O–H groups in total. The molecule has 12 heteroatoms. The predicted octanol–water partition coefficient (Wildman–Crippen LogP) is 5.96. The van der Waals surface area contributed by atoms with E-state index in [4.69, 9.17) is 4.74 Å². The van der Waals surface area contributed by atoms with Crippen LogP contribution in [-0.4, -0.2) is 75.8 Å². The van der Waals surface area contributed by atoms with Gasteiger partial charge in [0.15, 0.2) is 5.78 Å². The minimum Gasteiger partial charge on any atom is -0.441 e. The lowest BCUT2D eigenvalue weighted by atomic mass is 9.88. The van der Waals surface area contributed by atoms with Crippen LogP contribution in [-0.2, 0) is 24.0 Å². The van der Waals surface area contributed by atoms with Gasteiger partial charge >= 0.3 is 12.3 Å². The molecular weight excluding hydrogens is 604 g/mol. The predicted molar refractivity (Wildman–Crippen MR) is 159 cm³/mol. The number of ketones is 1. The second-order valence-corrected chi connectivity index (χ2v) is 12.4. The molecule has 3 aliphatic heterocycles. The SMILES string of the molecule is O=C(c1ccc(F)cc1)C1CCN(C(=O)c2ccc(CN3CC4(CCN(Cc5ccc(C(F)(F)F)cc5)CC4)OC3=O)nc2)CC1. The zero-order valence-electron chi connectivity index (χ0n) is 25.1. The molecule has 3 fully saturated rings. The summed E-state index contributed by atoms with van der Waals surface area (Å²) >= 11 is 0. The first kappa shape index (κ1) is 31.7. The highest BCUT2D eigenvalue weighted by Gasteiger charge is 2.47. The van der Waals surface area contributed by atoms with Gasteiger partial charge < -0.3 is 9.64 Å². The molecule has 4 heterocycles. The molecular formula is C34H34F4N4O4. The highest BCUT2D eigenvalue weighted by atomic mass is 19.4. The first-order valence-electron chi connectivity index (χ1n) is 15.4. The number of benzene rings is 2. The van der Waals surface area contributed by atoms with E-state index in [0.717, 1.165) is 17.7 Å². The third-order valence-electron chi connectivity index (χ3n) is 9.20. The molecule has 2 amide bonds. The quantitative estimate of drug-likeness (QED) is 0.235. The highest BCUT2D eigenvalue weighted by molar-refractivity contribution is 5.98. The summed E-state index contributed by atoms with van der Waals surface area (Å²) in [7, 11) is 0. The molecule has 3 aliphatic rings. The van der Waals surface area contributed by atoms with E-state index in [1.165, 1.54) is 42.6 Å². The zero-order chi connectivity index (χ0) is 32.5. The maximum absolute atomic E-state index is 13.2. The van der Waals surface area contributed by atoms with Crippen molar-refractivity contribution in [2.24, 2.45) is 5.92 Å². The fraction of sp³-hybridized carbons (Fsp3) is 0.412. The van der Waals surface area contributed by atoms with Gasteiger partial charge in [-0.25, -0.2) is 9.18 Å². The molecule has 242 valence electrons. The molecule has 0 saturated carbocycles. The van der Waals surface area contributed by atoms with Crippen molar-refractivity contribution < 1.29 is 36.7 Å². The molecule has 1 aromatic heterocycles. The average molecular weight is 639 g/mol. The van der Waals surface area contributed by atoms with Crippen molar-refractivity contribution in [1.29, 1.82) is 0 Å². The Morgan fingerprint density at radius 3 is 2.13 bits per heavy atom. The molecule has 0 atom stereocenters. The number of likely N-dealkylation sites (tertiary alicyclic amines) is 2. The number of pyridine rings is 1. The lowest BCUT2D eigenvalue weighted by molar-refractivity contribution is -0.137. The number of hydrogen-bond acceptors (Lipinski definition) is 6. The Balaban J connectivity index is 0.969. The molecule has 3 aromatic rings. The van der Waals surface area contributed by atoms with Crippen LogP contribution in [0.15, 0.2) is 66.9 Å². The standard InChI is InChI=1S/C34H34F4N4O4/c35-28-8-3-24(4-9-28)30(43)25-11-15-41(16-12-25)31(44)26-5-10-29(39-19-26)21-42-22-33(46-32(42)45)13-17-40(18-14-33)20-23-1-6-27(7-2-23)34(36,37)38/h1-10,19,25H,11-18,20-22H2. The van der Waals surface area contributed by atoms with Gasteiger partial charge in [0.1, 0.15) is 11.4 Å². The first-order chi connectivity index (χ1) is 22.0. The number of Topliss-reactive ketones (excluding diaryl/α,β-unsaturated/α-hetero) is 1. The molecule has 0 radical (unpaired) electrons. The first-order valence-corrected chi connectivity index (χ1v) is 15.4. The van der Waals surface area contributed by atoms with E-state index >= 15 is 0 Å². The normalized spacial score (nSPS) is 19.0. The number of ether oxygens (including phenoxy) is 1. The summed E-state index contributed by atoms with van der Waals surface area (Å²) in [5.41, 5.74) is 1.02. The maximum Gasteiger partial charge on any atom is 0.416 e. The fourth-order valence-corrected chi connectivity index (χ4v) is 6.47. The molecule has 8 nitrogen and oxygen atoms in total. The van der Waals surface area contributed by atoms with Gasteiger partial charge in [-0.05, 0) is 66.9 Å². The monoisotopic (exact) mass is 638 g/mol. The minimum atomic E-state index is -4.36. The number of alkyl halides is 3. The summed E-state index contributed by atoms with van der Waals surface area (Å²) in [6, 6.07) is 14.1. The van der Waals surface area contributed by atoms with Crippen LogP contribution in [0.5, 0.6) is 0 Å². The van der Waals surface area contributed by atoms with Crippen LogP contribution in [0, 0.1) is 11.7 Å². The van der Waals surface area contributed by atoms with E-state index in [9.17, 15) is 31.9 Å². The molecule has 2 aromatic carbocycles. The number of nitrogens with zero attached hydrogens (tertiary/aromatic N) is 4. The Bertz CT molecular complexity index is 1560. The molecule has 46 heavy (non-hydrogen) atoms. The van der Waals surface area contributed by atoms with Gasteiger partial charge in [0.2, 0.25) is 0 Å². The second kappa shape index (κ2) is 12.8. The Hall–Kier alpha value is -4.32. The molecule has 6 rings (SSSR count). The van der Waals surface area contributed by atoms with Crippen molar-refractivity contribution in [2.45, 2.75) is 50.6 Å². The van der Waals surface area contributed by atoms with Crippen molar-refractivity contribution in [3.63, 3.8) is 0 Å². The number of halogens is 4. The summed E-state index contributed by atoms with van der Waals surface area (Å²) < 4.78 is 57.6. The average Bonchev–Trinajstić information content (AvgIpc) is 3.35. The Labute approximate surface area is 263 Å². The third-order valence-corrected chi connectivity index (χ3v) is 9.20. The largest absolute Gasteiger partial charge is 0.441 e. The van der Waals surface area contributed by atoms with Gasteiger partial charge in [0.25, 0.3) is 5.91 Å². The van der Waals surface area contributed by atoms with E-state index in [1.807, 2.05) is 0 Å². The maximum atomic E-state index is 13.2. The number of piperidine rings is 2. The van der Waals surface area contributed by atoms with Gasteiger partial charge in [-0.15, -0.1) is 0 Å². The van der Waals surface area contributed by atoms with Crippen molar-refractivity contribution in [3.8, 4) is 0 Å². The van der Waals surface area contributed by atoms with Crippen LogP contribution in [0.2, 0.25) is 0 Å². The molecule has 0 aliphatic carbocycles. The molecule has 0 unspecified atom stereocenters. The third kappa shape index (κ3) is 7.06. The van der Waals surface area contributed by atoms with E-state index in [0.29, 0.717) is 81.8 Å². The summed E-state index contributed by atoms with van der Waals surface area (Å²) in [5, 5.41) is 0. The van der Waals surface area contributed by atoms with Gasteiger partial charge in [0, 0.05) is 63.2 Å². The van der Waals surface area contributed by atoms with E-state index in [1.54, 1.807) is 21.9 Å². The summed E-state index contributed by atoms with van der Waals surface area (Å²) in [6.07, 6.45) is -0.996. The molecule has 0 bridgehead atoms. The van der Waals surface area contributed by atoms with Crippen molar-refractivity contribution in [1.82, 2.24) is 19.7 Å². The second-order valence-electron chi connectivity index (χ2n) is 12.4. The van der Waals surface area contributed by atoms with Crippen molar-refractivity contribution >= 4 is 17.8 Å². The van der Waals surface area contributed by atoms with Crippen LogP contribution >= 0.6 is 0 Å². The summed E-state index contributed by atoms with van der Waals surface area (Å²) in [6.45, 7) is 3.33. The summed E-state index contributed by atoms with van der Waals surface area (Å²) in [5.74, 6) is -0.820.